The molecule has 1 unspecified atom stereocenters. The molecule has 0 N–H and O–H groups in total. The molecule has 0 saturated carbocycles. The first-order valence-corrected chi connectivity index (χ1v) is 8.48. The number of hydrazine groups is 1. The molecule has 5 nitrogen and oxygen atoms in total. The molecule has 1 atom stereocenters. The molecular formula is C19H23N3O2. The molecular weight excluding hydrogens is 302 g/mol. The lowest BCUT2D eigenvalue weighted by Gasteiger charge is -2.31. The molecule has 1 aromatic carbocycles. The van der Waals surface area contributed by atoms with E-state index in [1.165, 1.54) is 16.8 Å². The number of aryl methyl sites for hydroxylation is 1. The molecule has 0 amide bonds. The smallest absolute Gasteiger partial charge is 0.214 e. The highest BCUT2D eigenvalue weighted by Gasteiger charge is 2.33. The van der Waals surface area contributed by atoms with Gasteiger partial charge in [0.15, 0.2) is 5.82 Å². The Hall–Kier alpha value is -2.11. The normalized spacial score (nSPS) is 20.4. The molecule has 0 spiro atoms. The number of aromatic nitrogens is 1. The summed E-state index contributed by atoms with van der Waals surface area (Å²) in [6.07, 6.45) is 1.13. The van der Waals surface area contributed by atoms with E-state index in [0.29, 0.717) is 11.8 Å². The molecule has 126 valence electrons. The highest BCUT2D eigenvalue weighted by atomic mass is 16.5. The molecule has 0 bridgehead atoms. The second kappa shape index (κ2) is 6.42. The molecule has 2 aliphatic heterocycles. The molecule has 1 saturated heterocycles. The molecule has 0 radical (unpaired) electrons. The van der Waals surface area contributed by atoms with Crippen LogP contribution < -0.4 is 9.75 Å². The van der Waals surface area contributed by atoms with E-state index in [1.54, 1.807) is 7.11 Å². The van der Waals surface area contributed by atoms with Gasteiger partial charge in [0, 0.05) is 25.8 Å². The van der Waals surface area contributed by atoms with Gasteiger partial charge in [0.05, 0.1) is 19.4 Å². The van der Waals surface area contributed by atoms with E-state index in [4.69, 9.17) is 9.47 Å². The van der Waals surface area contributed by atoms with Crippen LogP contribution in [0.2, 0.25) is 0 Å². The Bertz CT molecular complexity index is 728. The minimum absolute atomic E-state index is 0.577. The second-order valence-electron chi connectivity index (χ2n) is 6.51. The molecule has 4 rings (SSSR count). The maximum Gasteiger partial charge on any atom is 0.214 e. The molecule has 1 aromatic heterocycles. The number of fused-ring (bicyclic) bond motifs is 1. The van der Waals surface area contributed by atoms with Crippen LogP contribution in [0, 0.1) is 12.8 Å². The average Bonchev–Trinajstić information content (AvgIpc) is 3.23. The molecule has 2 aliphatic rings. The quantitative estimate of drug-likeness (QED) is 0.862. The van der Waals surface area contributed by atoms with Crippen molar-refractivity contribution in [1.82, 2.24) is 9.99 Å². The Morgan fingerprint density at radius 2 is 2.12 bits per heavy atom. The van der Waals surface area contributed by atoms with E-state index in [0.717, 1.165) is 38.5 Å². The molecule has 24 heavy (non-hydrogen) atoms. The summed E-state index contributed by atoms with van der Waals surface area (Å²) in [5.74, 6) is 2.12. The van der Waals surface area contributed by atoms with Gasteiger partial charge in [-0.3, -0.25) is 5.01 Å². The predicted molar refractivity (Wildman–Crippen MR) is 93.4 cm³/mol. The number of anilines is 2. The van der Waals surface area contributed by atoms with Gasteiger partial charge in [-0.15, -0.1) is 0 Å². The van der Waals surface area contributed by atoms with Crippen LogP contribution >= 0.6 is 0 Å². The number of hydrogen-bond donors (Lipinski definition) is 0. The standard InChI is InChI=1S/C19H23N3O2/c1-14-5-3-6-16-12-21(11-15-9-10-24-13-15)22(19(14)16)17-7-4-8-18(20-17)23-2/h3-8,15H,9-13H2,1-2H3. The summed E-state index contributed by atoms with van der Waals surface area (Å²) >= 11 is 0. The summed E-state index contributed by atoms with van der Waals surface area (Å²) in [6.45, 7) is 5.78. The van der Waals surface area contributed by atoms with Gasteiger partial charge in [-0.25, -0.2) is 5.01 Å². The van der Waals surface area contributed by atoms with Gasteiger partial charge >= 0.3 is 0 Å². The zero-order valence-electron chi connectivity index (χ0n) is 14.2. The Morgan fingerprint density at radius 3 is 2.92 bits per heavy atom. The van der Waals surface area contributed by atoms with Crippen LogP contribution in [0.4, 0.5) is 11.5 Å². The van der Waals surface area contributed by atoms with Crippen LogP contribution in [-0.4, -0.2) is 36.9 Å². The Morgan fingerprint density at radius 1 is 1.25 bits per heavy atom. The first kappa shape index (κ1) is 15.4. The van der Waals surface area contributed by atoms with Gasteiger partial charge in [-0.1, -0.05) is 24.3 Å². The van der Waals surface area contributed by atoms with Gasteiger partial charge in [0.1, 0.15) is 0 Å². The van der Waals surface area contributed by atoms with Crippen molar-refractivity contribution in [2.24, 2.45) is 5.92 Å². The first-order chi connectivity index (χ1) is 11.8. The van der Waals surface area contributed by atoms with E-state index in [1.807, 2.05) is 18.2 Å². The van der Waals surface area contributed by atoms with E-state index in [-0.39, 0.29) is 0 Å². The van der Waals surface area contributed by atoms with Crippen molar-refractivity contribution < 1.29 is 9.47 Å². The lowest BCUT2D eigenvalue weighted by molar-refractivity contribution is 0.168. The Kier molecular flexibility index (Phi) is 4.12. The van der Waals surface area contributed by atoms with Gasteiger partial charge < -0.3 is 9.47 Å². The van der Waals surface area contributed by atoms with Gasteiger partial charge in [0.25, 0.3) is 0 Å². The van der Waals surface area contributed by atoms with Crippen molar-refractivity contribution in [2.45, 2.75) is 19.9 Å². The monoisotopic (exact) mass is 325 g/mol. The van der Waals surface area contributed by atoms with E-state index in [9.17, 15) is 0 Å². The maximum atomic E-state index is 5.56. The first-order valence-electron chi connectivity index (χ1n) is 8.48. The average molecular weight is 325 g/mol. The largest absolute Gasteiger partial charge is 0.481 e. The highest BCUT2D eigenvalue weighted by molar-refractivity contribution is 5.69. The summed E-state index contributed by atoms with van der Waals surface area (Å²) in [6, 6.07) is 12.4. The SMILES string of the molecule is COc1cccc(N2c3c(C)cccc3CN2CC2CCOC2)n1. The van der Waals surface area contributed by atoms with Crippen LogP contribution in [0.3, 0.4) is 0 Å². The Balaban J connectivity index is 1.72. The van der Waals surface area contributed by atoms with Crippen molar-refractivity contribution in [2.75, 3.05) is 31.9 Å². The Labute approximate surface area is 142 Å². The van der Waals surface area contributed by atoms with Crippen molar-refractivity contribution >= 4 is 11.5 Å². The highest BCUT2D eigenvalue weighted by Crippen LogP contribution is 2.40. The number of ether oxygens (including phenoxy) is 2. The fourth-order valence-corrected chi connectivity index (χ4v) is 3.63. The molecule has 3 heterocycles. The zero-order valence-corrected chi connectivity index (χ0v) is 14.2. The number of hydrogen-bond acceptors (Lipinski definition) is 5. The van der Waals surface area contributed by atoms with Crippen LogP contribution in [0.5, 0.6) is 5.88 Å². The van der Waals surface area contributed by atoms with Crippen molar-refractivity contribution in [3.05, 3.63) is 47.5 Å². The van der Waals surface area contributed by atoms with E-state index < -0.39 is 0 Å². The number of pyridine rings is 1. The minimum atomic E-state index is 0.577. The molecule has 5 heteroatoms. The van der Waals surface area contributed by atoms with Crippen LogP contribution in [0.1, 0.15) is 17.5 Å². The number of nitrogens with zero attached hydrogens (tertiary/aromatic N) is 3. The van der Waals surface area contributed by atoms with Crippen molar-refractivity contribution in [3.63, 3.8) is 0 Å². The summed E-state index contributed by atoms with van der Waals surface area (Å²) < 4.78 is 10.9. The molecule has 1 fully saturated rings. The van der Waals surface area contributed by atoms with Crippen LogP contribution in [0.25, 0.3) is 0 Å². The lowest BCUT2D eigenvalue weighted by Crippen LogP contribution is -2.38. The molecule has 0 aliphatic carbocycles. The lowest BCUT2D eigenvalue weighted by atomic mass is 10.1. The second-order valence-corrected chi connectivity index (χ2v) is 6.51. The maximum absolute atomic E-state index is 5.56. The number of rotatable bonds is 4. The van der Waals surface area contributed by atoms with Gasteiger partial charge in [0.2, 0.25) is 5.88 Å². The summed E-state index contributed by atoms with van der Waals surface area (Å²) in [7, 11) is 1.66. The third-order valence-corrected chi connectivity index (χ3v) is 4.80. The third kappa shape index (κ3) is 2.74. The summed E-state index contributed by atoms with van der Waals surface area (Å²) in [5, 5.41) is 4.64. The number of methoxy groups -OCH3 is 1. The van der Waals surface area contributed by atoms with Crippen LogP contribution in [0.15, 0.2) is 36.4 Å². The van der Waals surface area contributed by atoms with Gasteiger partial charge in [-0.2, -0.15) is 4.98 Å². The fourth-order valence-electron chi connectivity index (χ4n) is 3.63. The number of para-hydroxylation sites is 1. The summed E-state index contributed by atoms with van der Waals surface area (Å²) in [4.78, 5) is 4.67. The topological polar surface area (TPSA) is 37.8 Å². The molecule has 2 aromatic rings. The van der Waals surface area contributed by atoms with E-state index in [2.05, 4.69) is 40.1 Å². The minimum Gasteiger partial charge on any atom is -0.481 e. The van der Waals surface area contributed by atoms with E-state index >= 15 is 0 Å². The van der Waals surface area contributed by atoms with Crippen molar-refractivity contribution in [3.8, 4) is 5.88 Å². The predicted octanol–water partition coefficient (Wildman–Crippen LogP) is 3.30. The van der Waals surface area contributed by atoms with Crippen molar-refractivity contribution in [1.29, 1.82) is 0 Å². The number of benzene rings is 1. The van der Waals surface area contributed by atoms with Crippen LogP contribution in [-0.2, 0) is 11.3 Å². The fraction of sp³-hybridized carbons (Fsp3) is 0.421. The van der Waals surface area contributed by atoms with Gasteiger partial charge in [-0.05, 0) is 36.5 Å². The third-order valence-electron chi connectivity index (χ3n) is 4.80. The zero-order chi connectivity index (χ0) is 16.5. The summed E-state index contributed by atoms with van der Waals surface area (Å²) in [5.41, 5.74) is 3.86.